The molecule has 2 aromatic carbocycles. The van der Waals surface area contributed by atoms with Gasteiger partial charge < -0.3 is 0 Å². The zero-order valence-electron chi connectivity index (χ0n) is 15.0. The van der Waals surface area contributed by atoms with Gasteiger partial charge in [0.25, 0.3) is 0 Å². The summed E-state index contributed by atoms with van der Waals surface area (Å²) in [4.78, 5) is 0. The van der Waals surface area contributed by atoms with Crippen molar-refractivity contribution in [1.29, 1.82) is 0 Å². The Kier molecular flexibility index (Phi) is 4.80. The van der Waals surface area contributed by atoms with Crippen LogP contribution < -0.4 is 4.57 Å². The molecule has 0 saturated carbocycles. The quantitative estimate of drug-likeness (QED) is 0.529. The Balaban J connectivity index is 2.29. The highest BCUT2D eigenvalue weighted by atomic mass is 15.0. The first-order valence-corrected chi connectivity index (χ1v) is 8.78. The van der Waals surface area contributed by atoms with Crippen molar-refractivity contribution >= 4 is 0 Å². The molecule has 1 aromatic heterocycles. The lowest BCUT2D eigenvalue weighted by Gasteiger charge is -2.15. The fourth-order valence-electron chi connectivity index (χ4n) is 3.16. The summed E-state index contributed by atoms with van der Waals surface area (Å²) in [5.41, 5.74) is 6.53. The number of benzene rings is 2. The average molecular weight is 316 g/mol. The molecule has 3 aromatic rings. The molecule has 122 valence electrons. The molecule has 1 nitrogen and oxygen atoms in total. The number of nitrogens with zero attached hydrogens (tertiary/aromatic N) is 1. The second kappa shape index (κ2) is 7.00. The summed E-state index contributed by atoms with van der Waals surface area (Å²) >= 11 is 0. The molecule has 0 unspecified atom stereocenters. The second-order valence-corrected chi connectivity index (χ2v) is 6.94. The van der Waals surface area contributed by atoms with Gasteiger partial charge in [0.1, 0.15) is 0 Å². The van der Waals surface area contributed by atoms with Crippen LogP contribution in [0.25, 0.3) is 16.8 Å². The monoisotopic (exact) mass is 316 g/mol. The minimum Gasteiger partial charge on any atom is -0.161 e. The summed E-state index contributed by atoms with van der Waals surface area (Å²) < 4.78 is 2.43. The van der Waals surface area contributed by atoms with E-state index in [2.05, 4.69) is 105 Å². The Morgan fingerprint density at radius 2 is 1.04 bits per heavy atom. The van der Waals surface area contributed by atoms with Crippen LogP contribution in [0.4, 0.5) is 0 Å². The Morgan fingerprint density at radius 3 is 1.50 bits per heavy atom. The maximum absolute atomic E-state index is 2.43. The zero-order chi connectivity index (χ0) is 17.1. The summed E-state index contributed by atoms with van der Waals surface area (Å²) in [5, 5.41) is 0. The lowest BCUT2D eigenvalue weighted by molar-refractivity contribution is -0.615. The van der Waals surface area contributed by atoms with E-state index in [1.165, 1.54) is 28.2 Å². The highest BCUT2D eigenvalue weighted by Crippen LogP contribution is 2.27. The predicted octanol–water partition coefficient (Wildman–Crippen LogP) is 5.88. The summed E-state index contributed by atoms with van der Waals surface area (Å²) in [7, 11) is 0. The highest BCUT2D eigenvalue weighted by Gasteiger charge is 2.25. The van der Waals surface area contributed by atoms with Crippen LogP contribution >= 0.6 is 0 Å². The number of rotatable bonds is 4. The SMILES string of the molecule is CC(C)c1cc(-c2ccccc2)cc(C(C)C)[n+]1-c1ccccc1. The second-order valence-electron chi connectivity index (χ2n) is 6.94. The molecule has 0 atom stereocenters. The number of hydrogen-bond acceptors (Lipinski definition) is 0. The molecule has 0 spiro atoms. The lowest BCUT2D eigenvalue weighted by atomic mass is 9.96. The first-order chi connectivity index (χ1) is 11.6. The lowest BCUT2D eigenvalue weighted by Crippen LogP contribution is -2.41. The molecule has 0 amide bonds. The van der Waals surface area contributed by atoms with Gasteiger partial charge >= 0.3 is 0 Å². The number of aromatic nitrogens is 1. The molecule has 0 N–H and O–H groups in total. The Hall–Kier alpha value is -2.41. The molecule has 0 fully saturated rings. The summed E-state index contributed by atoms with van der Waals surface area (Å²) in [6.45, 7) is 9.09. The van der Waals surface area contributed by atoms with Crippen LogP contribution in [0.2, 0.25) is 0 Å². The number of hydrogen-bond donors (Lipinski definition) is 0. The first-order valence-electron chi connectivity index (χ1n) is 8.78. The molecular formula is C23H26N+. The van der Waals surface area contributed by atoms with Gasteiger partial charge in [0.05, 0.1) is 0 Å². The van der Waals surface area contributed by atoms with E-state index < -0.39 is 0 Å². The Morgan fingerprint density at radius 1 is 0.583 bits per heavy atom. The van der Waals surface area contributed by atoms with Crippen LogP contribution in [-0.2, 0) is 0 Å². The van der Waals surface area contributed by atoms with Crippen molar-refractivity contribution in [2.45, 2.75) is 39.5 Å². The largest absolute Gasteiger partial charge is 0.211 e. The fraction of sp³-hybridized carbons (Fsp3) is 0.261. The van der Waals surface area contributed by atoms with Crippen molar-refractivity contribution in [3.8, 4) is 16.8 Å². The molecule has 0 aliphatic carbocycles. The first kappa shape index (κ1) is 16.4. The summed E-state index contributed by atoms with van der Waals surface area (Å²) in [6.07, 6.45) is 0. The van der Waals surface area contributed by atoms with Crippen LogP contribution in [0.15, 0.2) is 72.8 Å². The highest BCUT2D eigenvalue weighted by molar-refractivity contribution is 5.63. The molecule has 0 aliphatic heterocycles. The number of para-hydroxylation sites is 1. The Bertz CT molecular complexity index is 773. The maximum Gasteiger partial charge on any atom is 0.211 e. The van der Waals surface area contributed by atoms with E-state index in [-0.39, 0.29) is 0 Å². The molecule has 3 rings (SSSR count). The zero-order valence-corrected chi connectivity index (χ0v) is 15.0. The maximum atomic E-state index is 2.43. The van der Waals surface area contributed by atoms with Crippen molar-refractivity contribution in [1.82, 2.24) is 0 Å². The molecule has 1 heteroatoms. The minimum absolute atomic E-state index is 0.450. The van der Waals surface area contributed by atoms with Crippen molar-refractivity contribution in [2.75, 3.05) is 0 Å². The summed E-state index contributed by atoms with van der Waals surface area (Å²) in [5.74, 6) is 0.901. The van der Waals surface area contributed by atoms with Crippen molar-refractivity contribution in [3.63, 3.8) is 0 Å². The molecule has 0 radical (unpaired) electrons. The molecule has 0 saturated heterocycles. The van der Waals surface area contributed by atoms with Gasteiger partial charge in [-0.05, 0) is 11.1 Å². The fourth-order valence-corrected chi connectivity index (χ4v) is 3.16. The van der Waals surface area contributed by atoms with Gasteiger partial charge in [0.15, 0.2) is 11.4 Å². The van der Waals surface area contributed by atoms with Crippen molar-refractivity contribution < 1.29 is 4.57 Å². The molecule has 1 heterocycles. The standard InChI is InChI=1S/C23H26N/c1-17(2)22-15-20(19-11-7-5-8-12-19)16-23(18(3)4)24(22)21-13-9-6-10-14-21/h5-18H,1-4H3/q+1. The molecular weight excluding hydrogens is 290 g/mol. The van der Waals surface area contributed by atoms with Gasteiger partial charge in [0.2, 0.25) is 5.69 Å². The molecule has 0 bridgehead atoms. The van der Waals surface area contributed by atoms with Crippen LogP contribution in [-0.4, -0.2) is 0 Å². The van der Waals surface area contributed by atoms with Crippen LogP contribution in [0.5, 0.6) is 0 Å². The van der Waals surface area contributed by atoms with Gasteiger partial charge in [-0.2, -0.15) is 4.57 Å². The van der Waals surface area contributed by atoms with E-state index >= 15 is 0 Å². The van der Waals surface area contributed by atoms with E-state index in [0.29, 0.717) is 11.8 Å². The third-order valence-electron chi connectivity index (χ3n) is 4.43. The smallest absolute Gasteiger partial charge is 0.161 e. The van der Waals surface area contributed by atoms with Gasteiger partial charge in [-0.3, -0.25) is 0 Å². The van der Waals surface area contributed by atoms with Crippen molar-refractivity contribution in [3.05, 3.63) is 84.2 Å². The minimum atomic E-state index is 0.450. The van der Waals surface area contributed by atoms with E-state index in [4.69, 9.17) is 0 Å². The molecule has 24 heavy (non-hydrogen) atoms. The van der Waals surface area contributed by atoms with Gasteiger partial charge in [-0.1, -0.05) is 76.2 Å². The predicted molar refractivity (Wildman–Crippen MR) is 102 cm³/mol. The van der Waals surface area contributed by atoms with Gasteiger partial charge in [-0.25, -0.2) is 0 Å². The summed E-state index contributed by atoms with van der Waals surface area (Å²) in [6, 6.07) is 26.1. The van der Waals surface area contributed by atoms with Gasteiger partial charge in [-0.15, -0.1) is 0 Å². The third kappa shape index (κ3) is 3.26. The normalized spacial score (nSPS) is 11.2. The number of pyridine rings is 1. The topological polar surface area (TPSA) is 3.88 Å². The van der Waals surface area contributed by atoms with E-state index in [1.54, 1.807) is 0 Å². The molecule has 0 aliphatic rings. The van der Waals surface area contributed by atoms with Crippen molar-refractivity contribution in [2.24, 2.45) is 0 Å². The van der Waals surface area contributed by atoms with E-state index in [0.717, 1.165) is 0 Å². The third-order valence-corrected chi connectivity index (χ3v) is 4.43. The van der Waals surface area contributed by atoms with E-state index in [9.17, 15) is 0 Å². The Labute approximate surface area is 145 Å². The average Bonchev–Trinajstić information content (AvgIpc) is 2.62. The van der Waals surface area contributed by atoms with E-state index in [1.807, 2.05) is 0 Å². The van der Waals surface area contributed by atoms with Gasteiger partial charge in [0, 0.05) is 36.1 Å². The van der Waals surface area contributed by atoms with Crippen LogP contribution in [0.3, 0.4) is 0 Å². The van der Waals surface area contributed by atoms with Crippen LogP contribution in [0, 0.1) is 0 Å². The van der Waals surface area contributed by atoms with Crippen LogP contribution in [0.1, 0.15) is 50.9 Å².